The van der Waals surface area contributed by atoms with Crippen LogP contribution in [0.2, 0.25) is 0 Å². The summed E-state index contributed by atoms with van der Waals surface area (Å²) >= 11 is 0. The summed E-state index contributed by atoms with van der Waals surface area (Å²) in [7, 11) is 1.66. The number of methoxy groups -OCH3 is 1. The van der Waals surface area contributed by atoms with Gasteiger partial charge in [-0.1, -0.05) is 36.4 Å². The van der Waals surface area contributed by atoms with Crippen molar-refractivity contribution in [3.8, 4) is 11.5 Å². The van der Waals surface area contributed by atoms with Crippen molar-refractivity contribution in [2.45, 2.75) is 32.4 Å². The Morgan fingerprint density at radius 1 is 0.917 bits per heavy atom. The minimum Gasteiger partial charge on any atom is -0.493 e. The zero-order valence-corrected chi connectivity index (χ0v) is 14.3. The molecule has 0 aliphatic carbocycles. The van der Waals surface area contributed by atoms with Crippen LogP contribution in [0.25, 0.3) is 0 Å². The molecule has 130 valence electrons. The Labute approximate surface area is 144 Å². The van der Waals surface area contributed by atoms with Gasteiger partial charge < -0.3 is 19.9 Å². The summed E-state index contributed by atoms with van der Waals surface area (Å²) in [4.78, 5) is 0. The maximum atomic E-state index is 8.75. The van der Waals surface area contributed by atoms with Crippen molar-refractivity contribution in [2.75, 3.05) is 20.3 Å². The van der Waals surface area contributed by atoms with Gasteiger partial charge in [-0.3, -0.25) is 0 Å². The lowest BCUT2D eigenvalue weighted by Gasteiger charge is -2.13. The van der Waals surface area contributed by atoms with Gasteiger partial charge in [-0.25, -0.2) is 0 Å². The molecule has 0 amide bonds. The van der Waals surface area contributed by atoms with Crippen LogP contribution in [0, 0.1) is 0 Å². The Morgan fingerprint density at radius 2 is 1.75 bits per heavy atom. The van der Waals surface area contributed by atoms with Crippen molar-refractivity contribution in [1.29, 1.82) is 0 Å². The number of ether oxygens (including phenoxy) is 2. The zero-order valence-electron chi connectivity index (χ0n) is 14.3. The smallest absolute Gasteiger partial charge is 0.161 e. The second-order valence-electron chi connectivity index (χ2n) is 5.72. The fourth-order valence-electron chi connectivity index (χ4n) is 2.45. The number of aliphatic hydroxyl groups excluding tert-OH is 1. The van der Waals surface area contributed by atoms with Crippen molar-refractivity contribution in [3.63, 3.8) is 0 Å². The molecule has 2 aromatic rings. The van der Waals surface area contributed by atoms with E-state index in [0.717, 1.165) is 49.4 Å². The summed E-state index contributed by atoms with van der Waals surface area (Å²) in [6.07, 6.45) is 3.01. The highest BCUT2D eigenvalue weighted by Crippen LogP contribution is 2.28. The largest absolute Gasteiger partial charge is 0.493 e. The van der Waals surface area contributed by atoms with Crippen molar-refractivity contribution < 1.29 is 14.6 Å². The maximum absolute atomic E-state index is 8.75. The summed E-state index contributed by atoms with van der Waals surface area (Å²) in [6.45, 7) is 2.56. The summed E-state index contributed by atoms with van der Waals surface area (Å²) in [5, 5.41) is 12.2. The van der Waals surface area contributed by atoms with Gasteiger partial charge in [-0.2, -0.15) is 0 Å². The van der Waals surface area contributed by atoms with Crippen molar-refractivity contribution in [1.82, 2.24) is 5.32 Å². The van der Waals surface area contributed by atoms with E-state index < -0.39 is 0 Å². The molecule has 0 saturated heterocycles. The second kappa shape index (κ2) is 10.7. The summed E-state index contributed by atoms with van der Waals surface area (Å²) in [6, 6.07) is 16.1. The number of benzene rings is 2. The first kappa shape index (κ1) is 18.3. The van der Waals surface area contributed by atoms with Crippen LogP contribution in [0.5, 0.6) is 11.5 Å². The monoisotopic (exact) mass is 329 g/mol. The molecule has 0 fully saturated rings. The highest BCUT2D eigenvalue weighted by molar-refractivity contribution is 5.43. The minimum atomic E-state index is 0.279. The van der Waals surface area contributed by atoms with Gasteiger partial charge in [-0.15, -0.1) is 0 Å². The summed E-state index contributed by atoms with van der Waals surface area (Å²) in [5.41, 5.74) is 2.30. The Morgan fingerprint density at radius 3 is 2.50 bits per heavy atom. The Bertz CT molecular complexity index is 587. The first-order valence-corrected chi connectivity index (χ1v) is 8.48. The van der Waals surface area contributed by atoms with Crippen molar-refractivity contribution >= 4 is 0 Å². The molecular weight excluding hydrogens is 302 g/mol. The van der Waals surface area contributed by atoms with Crippen molar-refractivity contribution in [2.24, 2.45) is 0 Å². The third-order valence-electron chi connectivity index (χ3n) is 3.81. The Hall–Kier alpha value is -2.04. The van der Waals surface area contributed by atoms with Crippen LogP contribution in [0.3, 0.4) is 0 Å². The van der Waals surface area contributed by atoms with E-state index in [-0.39, 0.29) is 6.61 Å². The van der Waals surface area contributed by atoms with Gasteiger partial charge in [0.15, 0.2) is 11.5 Å². The van der Waals surface area contributed by atoms with Gasteiger partial charge in [0.25, 0.3) is 0 Å². The SMILES string of the molecule is COc1cc(CNCCCCCO)ccc1OCc1ccccc1. The lowest BCUT2D eigenvalue weighted by Crippen LogP contribution is -2.14. The van der Waals surface area contributed by atoms with Crippen LogP contribution in [-0.4, -0.2) is 25.4 Å². The van der Waals surface area contributed by atoms with Gasteiger partial charge >= 0.3 is 0 Å². The van der Waals surface area contributed by atoms with E-state index in [1.54, 1.807) is 7.11 Å². The molecule has 0 spiro atoms. The number of rotatable bonds is 11. The molecule has 24 heavy (non-hydrogen) atoms. The zero-order chi connectivity index (χ0) is 17.0. The van der Waals surface area contributed by atoms with E-state index in [1.165, 1.54) is 5.56 Å². The Kier molecular flexibility index (Phi) is 8.15. The predicted molar refractivity (Wildman–Crippen MR) is 96.4 cm³/mol. The number of aliphatic hydroxyl groups is 1. The van der Waals surface area contributed by atoms with Gasteiger partial charge in [0.2, 0.25) is 0 Å². The fourth-order valence-corrected chi connectivity index (χ4v) is 2.45. The molecule has 0 heterocycles. The van der Waals surface area contributed by atoms with E-state index in [9.17, 15) is 0 Å². The molecule has 0 aromatic heterocycles. The molecule has 0 unspecified atom stereocenters. The molecular formula is C20H27NO3. The van der Waals surface area contributed by atoms with Crippen LogP contribution in [0.15, 0.2) is 48.5 Å². The molecule has 0 saturated carbocycles. The molecule has 4 heteroatoms. The molecule has 2 rings (SSSR count). The van der Waals surface area contributed by atoms with Crippen LogP contribution in [0.4, 0.5) is 0 Å². The van der Waals surface area contributed by atoms with E-state index in [0.29, 0.717) is 6.61 Å². The third kappa shape index (κ3) is 6.22. The molecule has 0 aliphatic heterocycles. The first-order valence-electron chi connectivity index (χ1n) is 8.48. The average Bonchev–Trinajstić information content (AvgIpc) is 2.64. The average molecular weight is 329 g/mol. The highest BCUT2D eigenvalue weighted by Gasteiger charge is 2.06. The number of hydrogen-bond acceptors (Lipinski definition) is 4. The molecule has 0 bridgehead atoms. The molecule has 2 N–H and O–H groups in total. The summed E-state index contributed by atoms with van der Waals surface area (Å²) in [5.74, 6) is 1.51. The van der Waals surface area contributed by atoms with E-state index in [2.05, 4.69) is 11.4 Å². The number of hydrogen-bond donors (Lipinski definition) is 2. The van der Waals surface area contributed by atoms with Gasteiger partial charge in [0, 0.05) is 13.2 Å². The van der Waals surface area contributed by atoms with Gasteiger partial charge in [0.1, 0.15) is 6.61 Å². The molecule has 0 aliphatic rings. The number of nitrogens with one attached hydrogen (secondary N) is 1. The van der Waals surface area contributed by atoms with Crippen LogP contribution in [-0.2, 0) is 13.2 Å². The maximum Gasteiger partial charge on any atom is 0.161 e. The first-order chi connectivity index (χ1) is 11.8. The van der Waals surface area contributed by atoms with E-state index in [4.69, 9.17) is 14.6 Å². The quantitative estimate of drug-likeness (QED) is 0.619. The summed E-state index contributed by atoms with van der Waals surface area (Å²) < 4.78 is 11.3. The van der Waals surface area contributed by atoms with Crippen LogP contribution in [0.1, 0.15) is 30.4 Å². The second-order valence-corrected chi connectivity index (χ2v) is 5.72. The van der Waals surface area contributed by atoms with Crippen LogP contribution < -0.4 is 14.8 Å². The fraction of sp³-hybridized carbons (Fsp3) is 0.400. The van der Waals surface area contributed by atoms with Gasteiger partial charge in [0.05, 0.1) is 7.11 Å². The molecule has 0 atom stereocenters. The van der Waals surface area contributed by atoms with Gasteiger partial charge in [-0.05, 0) is 49.1 Å². The lowest BCUT2D eigenvalue weighted by atomic mass is 10.2. The topological polar surface area (TPSA) is 50.7 Å². The standard InChI is InChI=1S/C20H27NO3/c1-23-20-14-18(15-21-12-6-3-7-13-22)10-11-19(20)24-16-17-8-4-2-5-9-17/h2,4-5,8-11,14,21-22H,3,6-7,12-13,15-16H2,1H3. The van der Waals surface area contributed by atoms with Crippen molar-refractivity contribution in [3.05, 3.63) is 59.7 Å². The Balaban J connectivity index is 1.83. The van der Waals surface area contributed by atoms with E-state index >= 15 is 0 Å². The van der Waals surface area contributed by atoms with Crippen LogP contribution >= 0.6 is 0 Å². The minimum absolute atomic E-state index is 0.279. The predicted octanol–water partition coefficient (Wildman–Crippen LogP) is 3.53. The lowest BCUT2D eigenvalue weighted by molar-refractivity contribution is 0.282. The number of unbranched alkanes of at least 4 members (excludes halogenated alkanes) is 2. The normalized spacial score (nSPS) is 10.6. The molecule has 2 aromatic carbocycles. The molecule has 0 radical (unpaired) electrons. The third-order valence-corrected chi connectivity index (χ3v) is 3.81. The molecule has 4 nitrogen and oxygen atoms in total. The van der Waals surface area contributed by atoms with E-state index in [1.807, 2.05) is 42.5 Å². The highest BCUT2D eigenvalue weighted by atomic mass is 16.5.